The summed E-state index contributed by atoms with van der Waals surface area (Å²) < 4.78 is 0. The molecular formula is C8H9N3. The molecule has 1 aromatic heterocycles. The minimum Gasteiger partial charge on any atom is -0.301 e. The molecule has 0 saturated carbocycles. The Kier molecular flexibility index (Phi) is 2.59. The molecule has 0 bridgehead atoms. The predicted octanol–water partition coefficient (Wildman–Crippen LogP) is 0.866. The van der Waals surface area contributed by atoms with E-state index >= 15 is 0 Å². The van der Waals surface area contributed by atoms with Crippen LogP contribution in [-0.4, -0.2) is 12.0 Å². The largest absolute Gasteiger partial charge is 0.301 e. The van der Waals surface area contributed by atoms with Crippen LogP contribution in [-0.2, 0) is 0 Å². The van der Waals surface area contributed by atoms with Gasteiger partial charge in [-0.1, -0.05) is 0 Å². The smallest absolute Gasteiger partial charge is 0.121 e. The van der Waals surface area contributed by atoms with Crippen molar-refractivity contribution in [2.24, 2.45) is 0 Å². The molecule has 0 amide bonds. The average molecular weight is 147 g/mol. The normalized spacial score (nSPS) is 12.0. The summed E-state index contributed by atoms with van der Waals surface area (Å²) in [5.41, 5.74) is 0.949. The summed E-state index contributed by atoms with van der Waals surface area (Å²) in [6.07, 6.45) is 3.36. The van der Waals surface area contributed by atoms with Gasteiger partial charge in [-0.3, -0.25) is 4.98 Å². The van der Waals surface area contributed by atoms with Gasteiger partial charge in [0.25, 0.3) is 0 Å². The van der Waals surface area contributed by atoms with Crippen LogP contribution in [0.2, 0.25) is 0 Å². The molecule has 0 radical (unpaired) electrons. The van der Waals surface area contributed by atoms with Crippen LogP contribution in [0.15, 0.2) is 24.5 Å². The van der Waals surface area contributed by atoms with Crippen LogP contribution in [0.4, 0.5) is 0 Å². The number of hydrogen-bond acceptors (Lipinski definition) is 3. The molecule has 11 heavy (non-hydrogen) atoms. The van der Waals surface area contributed by atoms with Gasteiger partial charge in [0, 0.05) is 12.4 Å². The minimum absolute atomic E-state index is 0.224. The van der Waals surface area contributed by atoms with Crippen LogP contribution < -0.4 is 5.32 Å². The third kappa shape index (κ3) is 1.76. The van der Waals surface area contributed by atoms with E-state index in [4.69, 9.17) is 5.26 Å². The highest BCUT2D eigenvalue weighted by atomic mass is 14.9. The van der Waals surface area contributed by atoms with Gasteiger partial charge in [0.2, 0.25) is 0 Å². The Hall–Kier alpha value is -1.40. The van der Waals surface area contributed by atoms with E-state index in [0.717, 1.165) is 5.56 Å². The second-order valence-electron chi connectivity index (χ2n) is 2.13. The fraction of sp³-hybridized carbons (Fsp3) is 0.250. The van der Waals surface area contributed by atoms with Crippen LogP contribution in [0.25, 0.3) is 0 Å². The Morgan fingerprint density at radius 3 is 2.64 bits per heavy atom. The maximum absolute atomic E-state index is 8.65. The second-order valence-corrected chi connectivity index (χ2v) is 2.13. The second kappa shape index (κ2) is 3.69. The number of pyridine rings is 1. The zero-order valence-electron chi connectivity index (χ0n) is 6.28. The topological polar surface area (TPSA) is 48.7 Å². The van der Waals surface area contributed by atoms with Crippen molar-refractivity contribution in [3.8, 4) is 6.07 Å². The highest BCUT2D eigenvalue weighted by Crippen LogP contribution is 2.08. The molecule has 1 rings (SSSR count). The molecule has 1 unspecified atom stereocenters. The van der Waals surface area contributed by atoms with E-state index in [9.17, 15) is 0 Å². The number of nitrogens with one attached hydrogen (secondary N) is 1. The first-order valence-corrected chi connectivity index (χ1v) is 3.35. The fourth-order valence-electron chi connectivity index (χ4n) is 0.862. The van der Waals surface area contributed by atoms with Gasteiger partial charge >= 0.3 is 0 Å². The SMILES string of the molecule is CNC(C#N)c1ccncc1. The van der Waals surface area contributed by atoms with Crippen LogP contribution in [0.3, 0.4) is 0 Å². The Balaban J connectivity index is 2.85. The van der Waals surface area contributed by atoms with Crippen molar-refractivity contribution < 1.29 is 0 Å². The highest BCUT2D eigenvalue weighted by Gasteiger charge is 2.04. The number of nitriles is 1. The van der Waals surface area contributed by atoms with Crippen molar-refractivity contribution >= 4 is 0 Å². The van der Waals surface area contributed by atoms with E-state index in [2.05, 4.69) is 16.4 Å². The number of rotatable bonds is 2. The van der Waals surface area contributed by atoms with Crippen LogP contribution in [0.1, 0.15) is 11.6 Å². The van der Waals surface area contributed by atoms with Gasteiger partial charge in [-0.25, -0.2) is 0 Å². The molecule has 1 atom stereocenters. The van der Waals surface area contributed by atoms with Gasteiger partial charge in [-0.05, 0) is 24.7 Å². The van der Waals surface area contributed by atoms with Crippen molar-refractivity contribution in [2.75, 3.05) is 7.05 Å². The Labute approximate surface area is 65.7 Å². The first-order valence-electron chi connectivity index (χ1n) is 3.35. The summed E-state index contributed by atoms with van der Waals surface area (Å²) >= 11 is 0. The monoisotopic (exact) mass is 147 g/mol. The average Bonchev–Trinajstić information content (AvgIpc) is 2.09. The lowest BCUT2D eigenvalue weighted by Gasteiger charge is -2.05. The van der Waals surface area contributed by atoms with E-state index in [0.29, 0.717) is 0 Å². The summed E-state index contributed by atoms with van der Waals surface area (Å²) in [5, 5.41) is 11.5. The van der Waals surface area contributed by atoms with Crippen molar-refractivity contribution in [3.05, 3.63) is 30.1 Å². The Morgan fingerprint density at radius 2 is 2.18 bits per heavy atom. The standard InChI is InChI=1S/C8H9N3/c1-10-8(6-9)7-2-4-11-5-3-7/h2-5,8,10H,1H3. The van der Waals surface area contributed by atoms with Crippen molar-refractivity contribution in [1.29, 1.82) is 5.26 Å². The van der Waals surface area contributed by atoms with Gasteiger partial charge < -0.3 is 5.32 Å². The Bertz CT molecular complexity index is 250. The molecule has 0 aliphatic rings. The lowest BCUT2D eigenvalue weighted by molar-refractivity contribution is 0.726. The molecule has 0 fully saturated rings. The van der Waals surface area contributed by atoms with E-state index in [1.807, 2.05) is 12.1 Å². The lowest BCUT2D eigenvalue weighted by atomic mass is 10.1. The van der Waals surface area contributed by atoms with E-state index in [1.165, 1.54) is 0 Å². The first kappa shape index (κ1) is 7.70. The molecule has 3 nitrogen and oxygen atoms in total. The van der Waals surface area contributed by atoms with Crippen molar-refractivity contribution in [2.45, 2.75) is 6.04 Å². The molecule has 56 valence electrons. The molecule has 0 spiro atoms. The predicted molar refractivity (Wildman–Crippen MR) is 41.7 cm³/mol. The Morgan fingerprint density at radius 1 is 1.55 bits per heavy atom. The maximum atomic E-state index is 8.65. The summed E-state index contributed by atoms with van der Waals surface area (Å²) in [6.45, 7) is 0. The minimum atomic E-state index is -0.224. The molecule has 0 aliphatic carbocycles. The van der Waals surface area contributed by atoms with Crippen LogP contribution in [0.5, 0.6) is 0 Å². The molecule has 1 heterocycles. The van der Waals surface area contributed by atoms with Gasteiger partial charge in [-0.2, -0.15) is 5.26 Å². The molecule has 1 N–H and O–H groups in total. The van der Waals surface area contributed by atoms with Crippen molar-refractivity contribution in [1.82, 2.24) is 10.3 Å². The molecule has 3 heteroatoms. The molecular weight excluding hydrogens is 138 g/mol. The number of aromatic nitrogens is 1. The number of nitrogens with zero attached hydrogens (tertiary/aromatic N) is 2. The van der Waals surface area contributed by atoms with E-state index in [1.54, 1.807) is 19.4 Å². The van der Waals surface area contributed by atoms with E-state index in [-0.39, 0.29) is 6.04 Å². The third-order valence-electron chi connectivity index (χ3n) is 1.46. The van der Waals surface area contributed by atoms with E-state index < -0.39 is 0 Å². The van der Waals surface area contributed by atoms with Gasteiger partial charge in [-0.15, -0.1) is 0 Å². The summed E-state index contributed by atoms with van der Waals surface area (Å²) in [4.78, 5) is 3.86. The molecule has 0 saturated heterocycles. The zero-order valence-corrected chi connectivity index (χ0v) is 6.28. The van der Waals surface area contributed by atoms with Crippen molar-refractivity contribution in [3.63, 3.8) is 0 Å². The third-order valence-corrected chi connectivity index (χ3v) is 1.46. The quantitative estimate of drug-likeness (QED) is 0.675. The number of hydrogen-bond donors (Lipinski definition) is 1. The maximum Gasteiger partial charge on any atom is 0.121 e. The van der Waals surface area contributed by atoms with Gasteiger partial charge in [0.15, 0.2) is 0 Å². The molecule has 0 aromatic carbocycles. The van der Waals surface area contributed by atoms with Gasteiger partial charge in [0.1, 0.15) is 6.04 Å². The summed E-state index contributed by atoms with van der Waals surface area (Å²) in [7, 11) is 1.76. The summed E-state index contributed by atoms with van der Waals surface area (Å²) in [6, 6.07) is 5.55. The lowest BCUT2D eigenvalue weighted by Crippen LogP contribution is -2.13. The molecule has 1 aromatic rings. The zero-order chi connectivity index (χ0) is 8.10. The van der Waals surface area contributed by atoms with Gasteiger partial charge in [0.05, 0.1) is 6.07 Å². The fourth-order valence-corrected chi connectivity index (χ4v) is 0.862. The highest BCUT2D eigenvalue weighted by molar-refractivity contribution is 5.20. The van der Waals surface area contributed by atoms with Crippen LogP contribution >= 0.6 is 0 Å². The summed E-state index contributed by atoms with van der Waals surface area (Å²) in [5.74, 6) is 0. The molecule has 0 aliphatic heterocycles. The first-order chi connectivity index (χ1) is 5.38. The van der Waals surface area contributed by atoms with Crippen LogP contribution in [0, 0.1) is 11.3 Å².